The van der Waals surface area contributed by atoms with Gasteiger partial charge in [-0.25, -0.2) is 10.8 Å². The lowest BCUT2D eigenvalue weighted by Crippen LogP contribution is -2.15. The number of hydrogen-bond donors (Lipinski definition) is 2. The van der Waals surface area contributed by atoms with E-state index >= 15 is 0 Å². The number of nitrogens with one attached hydrogen (secondary N) is 1. The molecule has 0 bridgehead atoms. The number of aromatic nitrogens is 2. The Balaban J connectivity index is 2.27. The third-order valence-corrected chi connectivity index (χ3v) is 3.68. The van der Waals surface area contributed by atoms with Crippen LogP contribution in [0.2, 0.25) is 0 Å². The monoisotopic (exact) mass is 306 g/mol. The average Bonchev–Trinajstić information content (AvgIpc) is 2.80. The van der Waals surface area contributed by atoms with Crippen LogP contribution in [-0.4, -0.2) is 22.8 Å². The minimum atomic E-state index is -4.26. The van der Waals surface area contributed by atoms with Crippen LogP contribution in [0, 0.1) is 0 Å². The summed E-state index contributed by atoms with van der Waals surface area (Å²) in [6, 6.07) is 1.82. The second-order valence-electron chi connectivity index (χ2n) is 4.00. The van der Waals surface area contributed by atoms with E-state index in [0.717, 1.165) is 11.3 Å². The Hall–Kier alpha value is -1.61. The third-order valence-electron chi connectivity index (χ3n) is 2.51. The van der Waals surface area contributed by atoms with Gasteiger partial charge in [-0.2, -0.15) is 18.2 Å². The quantitative estimate of drug-likeness (QED) is 0.656. The number of nitrogens with two attached hydrogens (primary N) is 1. The first-order valence-electron chi connectivity index (χ1n) is 5.89. The predicted molar refractivity (Wildman–Crippen MR) is 70.8 cm³/mol. The summed E-state index contributed by atoms with van der Waals surface area (Å²) in [5, 5.41) is 0.605. The van der Waals surface area contributed by atoms with Crippen molar-refractivity contribution in [1.82, 2.24) is 9.97 Å². The Morgan fingerprint density at radius 2 is 2.15 bits per heavy atom. The summed E-state index contributed by atoms with van der Waals surface area (Å²) < 4.78 is 41.5. The van der Waals surface area contributed by atoms with Gasteiger partial charge in [-0.15, -0.1) is 11.3 Å². The van der Waals surface area contributed by atoms with Crippen LogP contribution in [0.15, 0.2) is 6.07 Å². The summed E-state index contributed by atoms with van der Waals surface area (Å²) in [4.78, 5) is 9.78. The first-order chi connectivity index (χ1) is 9.43. The van der Waals surface area contributed by atoms with E-state index < -0.39 is 19.2 Å². The maximum atomic E-state index is 12.1. The molecule has 0 aliphatic heterocycles. The molecule has 0 atom stereocenters. The molecule has 0 saturated carbocycles. The molecule has 5 nitrogen and oxygen atoms in total. The molecule has 0 spiro atoms. The third kappa shape index (κ3) is 3.48. The highest BCUT2D eigenvalue weighted by molar-refractivity contribution is 7.18. The van der Waals surface area contributed by atoms with Crippen molar-refractivity contribution in [3.63, 3.8) is 0 Å². The molecule has 0 radical (unpaired) electrons. The number of alkyl halides is 3. The molecule has 2 heterocycles. The molecule has 9 heteroatoms. The SMILES string of the molecule is CCc1cc2c(OCCC(F)(F)F)nc(NN)nc2s1. The van der Waals surface area contributed by atoms with Gasteiger partial charge in [-0.1, -0.05) is 6.92 Å². The molecule has 0 unspecified atom stereocenters. The normalized spacial score (nSPS) is 11.8. The van der Waals surface area contributed by atoms with Gasteiger partial charge in [-0.05, 0) is 12.5 Å². The molecule has 2 aromatic heterocycles. The molecular weight excluding hydrogens is 293 g/mol. The van der Waals surface area contributed by atoms with E-state index in [0.29, 0.717) is 10.2 Å². The van der Waals surface area contributed by atoms with Gasteiger partial charge in [0.05, 0.1) is 18.4 Å². The topological polar surface area (TPSA) is 73.1 Å². The van der Waals surface area contributed by atoms with E-state index in [-0.39, 0.29) is 11.8 Å². The molecule has 2 rings (SSSR count). The number of aryl methyl sites for hydroxylation is 1. The van der Waals surface area contributed by atoms with E-state index in [1.807, 2.05) is 13.0 Å². The van der Waals surface area contributed by atoms with Crippen LogP contribution in [0.5, 0.6) is 5.88 Å². The second-order valence-corrected chi connectivity index (χ2v) is 5.11. The Morgan fingerprint density at radius 3 is 2.75 bits per heavy atom. The van der Waals surface area contributed by atoms with Gasteiger partial charge in [0.1, 0.15) is 4.83 Å². The van der Waals surface area contributed by atoms with Gasteiger partial charge in [0.2, 0.25) is 11.8 Å². The fourth-order valence-electron chi connectivity index (χ4n) is 1.56. The van der Waals surface area contributed by atoms with Crippen LogP contribution >= 0.6 is 11.3 Å². The van der Waals surface area contributed by atoms with Gasteiger partial charge in [-0.3, -0.25) is 5.43 Å². The van der Waals surface area contributed by atoms with Gasteiger partial charge in [0.15, 0.2) is 0 Å². The highest BCUT2D eigenvalue weighted by atomic mass is 32.1. The van der Waals surface area contributed by atoms with Gasteiger partial charge in [0.25, 0.3) is 0 Å². The summed E-state index contributed by atoms with van der Waals surface area (Å²) in [6.45, 7) is 1.49. The van der Waals surface area contributed by atoms with Gasteiger partial charge >= 0.3 is 6.18 Å². The number of hydrogen-bond acceptors (Lipinski definition) is 6. The lowest BCUT2D eigenvalue weighted by Gasteiger charge is -2.09. The van der Waals surface area contributed by atoms with E-state index in [4.69, 9.17) is 10.6 Å². The predicted octanol–water partition coefficient (Wildman–Crippen LogP) is 2.87. The van der Waals surface area contributed by atoms with Crippen molar-refractivity contribution in [1.29, 1.82) is 0 Å². The molecule has 0 aromatic carbocycles. The van der Waals surface area contributed by atoms with Gasteiger partial charge < -0.3 is 4.74 Å². The summed E-state index contributed by atoms with van der Waals surface area (Å²) >= 11 is 1.43. The Morgan fingerprint density at radius 1 is 1.40 bits per heavy atom. The van der Waals surface area contributed by atoms with E-state index in [2.05, 4.69) is 15.4 Å². The molecule has 0 saturated heterocycles. The van der Waals surface area contributed by atoms with Crippen molar-refractivity contribution in [3.8, 4) is 5.88 Å². The smallest absolute Gasteiger partial charge is 0.392 e. The van der Waals surface area contributed by atoms with Crippen LogP contribution in [0.25, 0.3) is 10.2 Å². The van der Waals surface area contributed by atoms with E-state index in [1.165, 1.54) is 11.3 Å². The average molecular weight is 306 g/mol. The van der Waals surface area contributed by atoms with Crippen molar-refractivity contribution in [3.05, 3.63) is 10.9 Å². The van der Waals surface area contributed by atoms with Crippen molar-refractivity contribution >= 4 is 27.5 Å². The molecule has 2 aromatic rings. The molecule has 0 amide bonds. The number of thiophene rings is 1. The highest BCUT2D eigenvalue weighted by Gasteiger charge is 2.27. The summed E-state index contributed by atoms with van der Waals surface area (Å²) in [7, 11) is 0. The number of fused-ring (bicyclic) bond motifs is 1. The minimum Gasteiger partial charge on any atom is -0.477 e. The minimum absolute atomic E-state index is 0.114. The van der Waals surface area contributed by atoms with Gasteiger partial charge in [0, 0.05) is 4.88 Å². The lowest BCUT2D eigenvalue weighted by molar-refractivity contribution is -0.139. The molecule has 110 valence electrons. The number of nitrogen functional groups attached to an aromatic ring is 1. The van der Waals surface area contributed by atoms with Crippen molar-refractivity contribution in [2.75, 3.05) is 12.0 Å². The van der Waals surface area contributed by atoms with E-state index in [1.54, 1.807) is 0 Å². The van der Waals surface area contributed by atoms with E-state index in [9.17, 15) is 13.2 Å². The van der Waals surface area contributed by atoms with Crippen molar-refractivity contribution in [2.45, 2.75) is 25.9 Å². The molecule has 3 N–H and O–H groups in total. The molecule has 0 fully saturated rings. The fourth-order valence-corrected chi connectivity index (χ4v) is 2.52. The van der Waals surface area contributed by atoms with Crippen molar-refractivity contribution in [2.24, 2.45) is 5.84 Å². The molecular formula is C11H13F3N4OS. The number of rotatable bonds is 5. The lowest BCUT2D eigenvalue weighted by atomic mass is 10.3. The zero-order valence-corrected chi connectivity index (χ0v) is 11.4. The zero-order valence-electron chi connectivity index (χ0n) is 10.6. The number of hydrazine groups is 1. The first-order valence-corrected chi connectivity index (χ1v) is 6.71. The number of anilines is 1. The van der Waals surface area contributed by atoms with Crippen LogP contribution in [0.3, 0.4) is 0 Å². The van der Waals surface area contributed by atoms with Crippen LogP contribution in [0.1, 0.15) is 18.2 Å². The Bertz CT molecular complexity index is 599. The number of ether oxygens (including phenoxy) is 1. The maximum absolute atomic E-state index is 12.1. The largest absolute Gasteiger partial charge is 0.477 e. The summed E-state index contributed by atoms with van der Waals surface area (Å²) in [5.41, 5.74) is 2.28. The maximum Gasteiger partial charge on any atom is 0.392 e. The standard InChI is InChI=1S/C11H13F3N4OS/c1-2-6-5-7-8(19-4-3-11(12,13)14)16-10(18-15)17-9(7)20-6/h5H,2-4,15H2,1H3,(H,16,17,18). The van der Waals surface area contributed by atoms with Crippen LogP contribution in [0.4, 0.5) is 19.1 Å². The fraction of sp³-hybridized carbons (Fsp3) is 0.455. The number of nitrogens with zero attached hydrogens (tertiary/aromatic N) is 2. The summed E-state index contributed by atoms with van der Waals surface area (Å²) in [5.74, 6) is 5.47. The second kappa shape index (κ2) is 5.80. The summed E-state index contributed by atoms with van der Waals surface area (Å²) in [6.07, 6.45) is -4.49. The Kier molecular flexibility index (Phi) is 4.29. The number of halogens is 3. The Labute approximate surface area is 116 Å². The highest BCUT2D eigenvalue weighted by Crippen LogP contribution is 2.32. The molecule has 0 aliphatic rings. The first kappa shape index (κ1) is 14.8. The van der Waals surface area contributed by atoms with Crippen LogP contribution in [-0.2, 0) is 6.42 Å². The van der Waals surface area contributed by atoms with Crippen molar-refractivity contribution < 1.29 is 17.9 Å². The zero-order chi connectivity index (χ0) is 14.8. The molecule has 0 aliphatic carbocycles. The molecule has 20 heavy (non-hydrogen) atoms. The van der Waals surface area contributed by atoms with Crippen LogP contribution < -0.4 is 16.0 Å².